The second-order valence-electron chi connectivity index (χ2n) is 11.3. The molecule has 2 saturated heterocycles. The van der Waals surface area contributed by atoms with E-state index >= 15 is 4.39 Å². The Hall–Kier alpha value is -2.68. The number of urea groups is 1. The zero-order valence-electron chi connectivity index (χ0n) is 22.9. The number of nitrogens with zero attached hydrogens (tertiary/aromatic N) is 2. The van der Waals surface area contributed by atoms with Crippen LogP contribution in [0.15, 0.2) is 42.5 Å². The number of unbranched alkanes of at least 4 members (excludes halogenated alkanes) is 1. The smallest absolute Gasteiger partial charge is 0.320 e. The summed E-state index contributed by atoms with van der Waals surface area (Å²) < 4.78 is 26.7. The molecule has 2 aliphatic heterocycles. The molecular weight excluding hydrogens is 485 g/mol. The molecule has 0 aromatic heterocycles. The van der Waals surface area contributed by atoms with E-state index in [2.05, 4.69) is 0 Å². The number of likely N-dealkylation sites (tertiary alicyclic amines) is 2. The summed E-state index contributed by atoms with van der Waals surface area (Å²) in [5.41, 5.74) is 5.81. The number of nitrogens with two attached hydrogens (primary N) is 1. The molecule has 2 aliphatic rings. The number of hydrogen-bond acceptors (Lipinski definition) is 5. The van der Waals surface area contributed by atoms with Crippen molar-refractivity contribution in [2.45, 2.75) is 63.5 Å². The molecule has 2 amide bonds. The van der Waals surface area contributed by atoms with Crippen LogP contribution in [0, 0.1) is 18.7 Å². The number of ether oxygens (including phenoxy) is 2. The van der Waals surface area contributed by atoms with Crippen LogP contribution < -0.4 is 10.5 Å². The first-order valence-corrected chi connectivity index (χ1v) is 13.7. The minimum atomic E-state index is -1.39. The lowest BCUT2D eigenvalue weighted by molar-refractivity contribution is -0.0589. The number of para-hydroxylation sites is 2. The molecule has 2 aromatic carbocycles. The Morgan fingerprint density at radius 2 is 1.97 bits per heavy atom. The quantitative estimate of drug-likeness (QED) is 0.439. The monoisotopic (exact) mass is 527 g/mol. The van der Waals surface area contributed by atoms with E-state index in [9.17, 15) is 9.90 Å². The van der Waals surface area contributed by atoms with E-state index in [1.165, 1.54) is 6.07 Å². The van der Waals surface area contributed by atoms with Gasteiger partial charge >= 0.3 is 6.03 Å². The average Bonchev–Trinajstić information content (AvgIpc) is 3.28. The van der Waals surface area contributed by atoms with E-state index < -0.39 is 11.4 Å². The lowest BCUT2D eigenvalue weighted by atomic mass is 9.73. The molecule has 38 heavy (non-hydrogen) atoms. The van der Waals surface area contributed by atoms with E-state index in [4.69, 9.17) is 15.2 Å². The zero-order valence-corrected chi connectivity index (χ0v) is 22.9. The van der Waals surface area contributed by atoms with Crippen molar-refractivity contribution in [3.05, 3.63) is 59.4 Å². The SMILES string of the molecule is COCCCC[C@@](O)(c1cccc(F)c1Oc1ccccc1C)[C@@H]1CCCN(C(=O)N2CC[C@](C)(N)C2)C1. The Kier molecular flexibility index (Phi) is 8.96. The van der Waals surface area contributed by atoms with Gasteiger partial charge in [-0.15, -0.1) is 0 Å². The van der Waals surface area contributed by atoms with Crippen LogP contribution in [0.4, 0.5) is 9.18 Å². The first kappa shape index (κ1) is 28.3. The molecule has 8 heteroatoms. The molecule has 0 unspecified atom stereocenters. The molecular formula is C30H42FN3O4. The number of benzene rings is 2. The number of aryl methyl sites for hydroxylation is 1. The fraction of sp³-hybridized carbons (Fsp3) is 0.567. The number of amides is 2. The summed E-state index contributed by atoms with van der Waals surface area (Å²) in [5, 5.41) is 12.4. The van der Waals surface area contributed by atoms with Crippen molar-refractivity contribution >= 4 is 6.03 Å². The minimum absolute atomic E-state index is 0.0398. The van der Waals surface area contributed by atoms with Gasteiger partial charge in [-0.05, 0) is 70.1 Å². The molecule has 4 rings (SSSR count). The Morgan fingerprint density at radius 3 is 2.68 bits per heavy atom. The van der Waals surface area contributed by atoms with Crippen LogP contribution in [0.1, 0.15) is 56.6 Å². The third-order valence-electron chi connectivity index (χ3n) is 8.04. The van der Waals surface area contributed by atoms with Crippen molar-refractivity contribution in [1.29, 1.82) is 0 Å². The number of halogens is 1. The Labute approximate surface area is 225 Å². The lowest BCUT2D eigenvalue weighted by Crippen LogP contribution is -2.52. The van der Waals surface area contributed by atoms with E-state index in [0.29, 0.717) is 56.9 Å². The van der Waals surface area contributed by atoms with Gasteiger partial charge in [-0.25, -0.2) is 9.18 Å². The van der Waals surface area contributed by atoms with Crippen molar-refractivity contribution in [2.24, 2.45) is 11.7 Å². The van der Waals surface area contributed by atoms with Gasteiger partial charge in [-0.2, -0.15) is 0 Å². The third-order valence-corrected chi connectivity index (χ3v) is 8.04. The number of hydrogen-bond donors (Lipinski definition) is 2. The summed E-state index contributed by atoms with van der Waals surface area (Å²) >= 11 is 0. The highest BCUT2D eigenvalue weighted by molar-refractivity contribution is 5.75. The van der Waals surface area contributed by atoms with Crippen molar-refractivity contribution in [3.63, 3.8) is 0 Å². The summed E-state index contributed by atoms with van der Waals surface area (Å²) in [6.07, 6.45) is 4.10. The van der Waals surface area contributed by atoms with Crippen LogP contribution in [0.2, 0.25) is 0 Å². The molecule has 0 radical (unpaired) electrons. The molecule has 7 nitrogen and oxygen atoms in total. The number of piperidine rings is 1. The highest BCUT2D eigenvalue weighted by atomic mass is 19.1. The predicted octanol–water partition coefficient (Wildman–Crippen LogP) is 5.19. The van der Waals surface area contributed by atoms with Gasteiger partial charge in [0.15, 0.2) is 11.6 Å². The number of carbonyl (C=O) groups excluding carboxylic acids is 1. The average molecular weight is 528 g/mol. The number of aliphatic hydroxyl groups is 1. The summed E-state index contributed by atoms with van der Waals surface area (Å²) in [4.78, 5) is 17.1. The molecule has 2 fully saturated rings. The Bertz CT molecular complexity index is 1110. The topological polar surface area (TPSA) is 88.3 Å². The molecule has 0 bridgehead atoms. The van der Waals surface area contributed by atoms with E-state index in [1.807, 2.05) is 41.8 Å². The number of carbonyl (C=O) groups is 1. The first-order chi connectivity index (χ1) is 18.1. The van der Waals surface area contributed by atoms with E-state index in [-0.39, 0.29) is 23.2 Å². The van der Waals surface area contributed by atoms with Crippen LogP contribution in [-0.2, 0) is 10.3 Å². The van der Waals surface area contributed by atoms with Crippen molar-refractivity contribution in [1.82, 2.24) is 9.80 Å². The first-order valence-electron chi connectivity index (χ1n) is 13.7. The Balaban J connectivity index is 1.65. The highest BCUT2D eigenvalue weighted by Crippen LogP contribution is 2.45. The van der Waals surface area contributed by atoms with Gasteiger partial charge in [0, 0.05) is 56.9 Å². The summed E-state index contributed by atoms with van der Waals surface area (Å²) in [5.74, 6) is -0.224. The summed E-state index contributed by atoms with van der Waals surface area (Å²) in [6, 6.07) is 12.1. The van der Waals surface area contributed by atoms with Crippen molar-refractivity contribution in [2.75, 3.05) is 39.9 Å². The Morgan fingerprint density at radius 1 is 1.18 bits per heavy atom. The molecule has 2 heterocycles. The van der Waals surface area contributed by atoms with Crippen LogP contribution >= 0.6 is 0 Å². The fourth-order valence-corrected chi connectivity index (χ4v) is 5.82. The highest BCUT2D eigenvalue weighted by Gasteiger charge is 2.45. The van der Waals surface area contributed by atoms with Gasteiger partial charge in [0.25, 0.3) is 0 Å². The standard InChI is InChI=1S/C30H42FN3O4/c1-22-10-4-5-14-26(22)38-27-24(12-8-13-25(27)31)30(36,15-6-7-19-37-3)23-11-9-17-33(20-23)28(35)34-18-16-29(2,32)21-34/h4-5,8,10,12-14,23,36H,6-7,9,11,15-21,32H2,1-3H3/t23-,29+,30+/m1/s1. The molecule has 2 aromatic rings. The maximum atomic E-state index is 15.4. The lowest BCUT2D eigenvalue weighted by Gasteiger charge is -2.44. The fourth-order valence-electron chi connectivity index (χ4n) is 5.82. The molecule has 208 valence electrons. The van der Waals surface area contributed by atoms with Gasteiger partial charge in [-0.1, -0.05) is 30.3 Å². The number of rotatable bonds is 9. The number of methoxy groups -OCH3 is 1. The van der Waals surface area contributed by atoms with Crippen LogP contribution in [-0.4, -0.2) is 66.4 Å². The van der Waals surface area contributed by atoms with E-state index in [0.717, 1.165) is 31.2 Å². The van der Waals surface area contributed by atoms with Crippen molar-refractivity contribution in [3.8, 4) is 11.5 Å². The predicted molar refractivity (Wildman–Crippen MR) is 146 cm³/mol. The second-order valence-corrected chi connectivity index (χ2v) is 11.3. The maximum absolute atomic E-state index is 15.4. The largest absolute Gasteiger partial charge is 0.454 e. The third kappa shape index (κ3) is 6.30. The maximum Gasteiger partial charge on any atom is 0.320 e. The molecule has 0 saturated carbocycles. The molecule has 0 aliphatic carbocycles. The van der Waals surface area contributed by atoms with Crippen LogP contribution in [0.3, 0.4) is 0 Å². The normalized spacial score (nSPS) is 23.4. The molecule has 3 N–H and O–H groups in total. The van der Waals surface area contributed by atoms with Crippen LogP contribution in [0.25, 0.3) is 0 Å². The molecule has 3 atom stereocenters. The second kappa shape index (κ2) is 12.0. The molecule has 0 spiro atoms. The minimum Gasteiger partial charge on any atom is -0.454 e. The zero-order chi connectivity index (χ0) is 27.3. The van der Waals surface area contributed by atoms with Crippen molar-refractivity contribution < 1.29 is 23.8 Å². The van der Waals surface area contributed by atoms with Gasteiger partial charge in [0.2, 0.25) is 0 Å². The summed E-state index contributed by atoms with van der Waals surface area (Å²) in [6.45, 7) is 6.62. The van der Waals surface area contributed by atoms with Gasteiger partial charge in [0.1, 0.15) is 5.75 Å². The van der Waals surface area contributed by atoms with E-state index in [1.54, 1.807) is 25.3 Å². The van der Waals surface area contributed by atoms with Crippen LogP contribution in [0.5, 0.6) is 11.5 Å². The summed E-state index contributed by atoms with van der Waals surface area (Å²) in [7, 11) is 1.65. The van der Waals surface area contributed by atoms with Gasteiger partial charge < -0.3 is 30.1 Å². The van der Waals surface area contributed by atoms with Gasteiger partial charge in [0.05, 0.1) is 5.60 Å². The van der Waals surface area contributed by atoms with Gasteiger partial charge in [-0.3, -0.25) is 0 Å².